The number of sulfonamides is 1. The van der Waals surface area contributed by atoms with Crippen molar-refractivity contribution in [2.75, 3.05) is 28.6 Å². The monoisotopic (exact) mass is 483 g/mol. The van der Waals surface area contributed by atoms with Crippen LogP contribution in [0.25, 0.3) is 0 Å². The van der Waals surface area contributed by atoms with Gasteiger partial charge < -0.3 is 15.0 Å². The third-order valence-electron chi connectivity index (χ3n) is 5.34. The fourth-order valence-corrected chi connectivity index (χ4v) is 4.75. The van der Waals surface area contributed by atoms with Crippen molar-refractivity contribution < 1.29 is 27.1 Å². The molecule has 0 radical (unpaired) electrons. The van der Waals surface area contributed by atoms with Gasteiger partial charge in [0.2, 0.25) is 5.91 Å². The summed E-state index contributed by atoms with van der Waals surface area (Å²) in [7, 11) is -2.55. The Labute approximate surface area is 196 Å². The number of amides is 2. The highest BCUT2D eigenvalue weighted by molar-refractivity contribution is 7.92. The first kappa shape index (κ1) is 23.2. The first-order valence-corrected chi connectivity index (χ1v) is 11.9. The van der Waals surface area contributed by atoms with E-state index < -0.39 is 21.7 Å². The Kier molecular flexibility index (Phi) is 6.51. The van der Waals surface area contributed by atoms with E-state index in [1.807, 2.05) is 0 Å². The van der Waals surface area contributed by atoms with Crippen molar-refractivity contribution in [1.82, 2.24) is 0 Å². The van der Waals surface area contributed by atoms with Crippen LogP contribution in [0.3, 0.4) is 0 Å². The minimum atomic E-state index is -4.05. The molecule has 10 heteroatoms. The van der Waals surface area contributed by atoms with E-state index in [2.05, 4.69) is 10.0 Å². The van der Waals surface area contributed by atoms with E-state index in [4.69, 9.17) is 4.74 Å². The van der Waals surface area contributed by atoms with E-state index >= 15 is 0 Å². The van der Waals surface area contributed by atoms with Crippen LogP contribution in [-0.4, -0.2) is 33.9 Å². The third-order valence-corrected chi connectivity index (χ3v) is 6.72. The van der Waals surface area contributed by atoms with Gasteiger partial charge in [-0.05, 0) is 61.0 Å². The normalized spacial score (nSPS) is 13.6. The summed E-state index contributed by atoms with van der Waals surface area (Å²) >= 11 is 0. The van der Waals surface area contributed by atoms with Crippen LogP contribution < -0.4 is 19.7 Å². The number of ether oxygens (including phenoxy) is 1. The summed E-state index contributed by atoms with van der Waals surface area (Å²) in [5.74, 6) is -0.641. The molecule has 3 aromatic carbocycles. The number of para-hydroxylation sites is 1. The van der Waals surface area contributed by atoms with Gasteiger partial charge >= 0.3 is 0 Å². The maximum absolute atomic E-state index is 13.2. The standard InChI is InChI=1S/C24H22FN3O5S/c1-33-22-13-10-17(15-21(22)28-14-4-7-23(28)29)26-24(30)19-5-2-3-6-20(19)27-34(31,32)18-11-8-16(25)9-12-18/h2-3,5-6,8-13,15,27H,4,7,14H2,1H3,(H,26,30). The lowest BCUT2D eigenvalue weighted by Crippen LogP contribution is -2.24. The molecule has 1 fully saturated rings. The number of carbonyl (C=O) groups excluding carboxylic acids is 2. The van der Waals surface area contributed by atoms with Gasteiger partial charge in [0, 0.05) is 18.7 Å². The van der Waals surface area contributed by atoms with Gasteiger partial charge in [0.15, 0.2) is 0 Å². The van der Waals surface area contributed by atoms with Crippen LogP contribution in [0.15, 0.2) is 71.6 Å². The highest BCUT2D eigenvalue weighted by Gasteiger charge is 2.25. The van der Waals surface area contributed by atoms with Crippen molar-refractivity contribution in [2.45, 2.75) is 17.7 Å². The summed E-state index contributed by atoms with van der Waals surface area (Å²) < 4.78 is 46.4. The number of nitrogens with one attached hydrogen (secondary N) is 2. The van der Waals surface area contributed by atoms with Crippen LogP contribution in [0.1, 0.15) is 23.2 Å². The summed E-state index contributed by atoms with van der Waals surface area (Å²) in [4.78, 5) is 26.7. The molecule has 0 spiro atoms. The van der Waals surface area contributed by atoms with E-state index in [1.54, 1.807) is 35.2 Å². The van der Waals surface area contributed by atoms with Crippen molar-refractivity contribution in [3.63, 3.8) is 0 Å². The van der Waals surface area contributed by atoms with Crippen LogP contribution in [0.4, 0.5) is 21.5 Å². The molecule has 8 nitrogen and oxygen atoms in total. The molecule has 0 atom stereocenters. The van der Waals surface area contributed by atoms with Crippen LogP contribution in [0.2, 0.25) is 0 Å². The van der Waals surface area contributed by atoms with E-state index in [1.165, 1.54) is 19.2 Å². The van der Waals surface area contributed by atoms with Gasteiger partial charge in [-0.2, -0.15) is 0 Å². The Morgan fingerprint density at radius 2 is 1.79 bits per heavy atom. The number of benzene rings is 3. The summed E-state index contributed by atoms with van der Waals surface area (Å²) in [5.41, 5.74) is 1.11. The van der Waals surface area contributed by atoms with Gasteiger partial charge in [0.05, 0.1) is 28.9 Å². The van der Waals surface area contributed by atoms with Crippen molar-refractivity contribution in [3.05, 3.63) is 78.1 Å². The third kappa shape index (κ3) is 4.86. The van der Waals surface area contributed by atoms with Crippen molar-refractivity contribution >= 4 is 38.9 Å². The molecular weight excluding hydrogens is 461 g/mol. The van der Waals surface area contributed by atoms with Gasteiger partial charge in [-0.1, -0.05) is 12.1 Å². The lowest BCUT2D eigenvalue weighted by atomic mass is 10.1. The molecule has 2 N–H and O–H groups in total. The topological polar surface area (TPSA) is 105 Å². The molecule has 2 amide bonds. The van der Waals surface area contributed by atoms with Gasteiger partial charge in [0.1, 0.15) is 11.6 Å². The molecule has 0 aliphatic carbocycles. The number of halogens is 1. The average molecular weight is 484 g/mol. The molecule has 1 aliphatic rings. The van der Waals surface area contributed by atoms with Crippen molar-refractivity contribution in [3.8, 4) is 5.75 Å². The Hall–Kier alpha value is -3.92. The number of hydrogen-bond acceptors (Lipinski definition) is 5. The molecule has 1 saturated heterocycles. The lowest BCUT2D eigenvalue weighted by molar-refractivity contribution is -0.117. The van der Waals surface area contributed by atoms with Crippen molar-refractivity contribution in [2.24, 2.45) is 0 Å². The fourth-order valence-electron chi connectivity index (χ4n) is 3.67. The van der Waals surface area contributed by atoms with Crippen LogP contribution in [0.5, 0.6) is 5.75 Å². The second-order valence-corrected chi connectivity index (χ2v) is 9.28. The SMILES string of the molecule is COc1ccc(NC(=O)c2ccccc2NS(=O)(=O)c2ccc(F)cc2)cc1N1CCCC1=O. The van der Waals surface area contributed by atoms with Gasteiger partial charge in [-0.25, -0.2) is 12.8 Å². The number of anilines is 3. The largest absolute Gasteiger partial charge is 0.495 e. The van der Waals surface area contributed by atoms with Crippen LogP contribution >= 0.6 is 0 Å². The smallest absolute Gasteiger partial charge is 0.261 e. The van der Waals surface area contributed by atoms with Gasteiger partial charge in [0.25, 0.3) is 15.9 Å². The molecule has 3 aromatic rings. The van der Waals surface area contributed by atoms with Crippen molar-refractivity contribution in [1.29, 1.82) is 0 Å². The summed E-state index contributed by atoms with van der Waals surface area (Å²) in [6.07, 6.45) is 1.18. The number of nitrogens with zero attached hydrogens (tertiary/aromatic N) is 1. The second kappa shape index (κ2) is 9.52. The highest BCUT2D eigenvalue weighted by atomic mass is 32.2. The number of rotatable bonds is 7. The quantitative estimate of drug-likeness (QED) is 0.528. The number of hydrogen-bond donors (Lipinski definition) is 2. The molecule has 0 unspecified atom stereocenters. The minimum Gasteiger partial charge on any atom is -0.495 e. The zero-order chi connectivity index (χ0) is 24.3. The Morgan fingerprint density at radius 1 is 1.06 bits per heavy atom. The maximum atomic E-state index is 13.2. The lowest BCUT2D eigenvalue weighted by Gasteiger charge is -2.20. The second-order valence-electron chi connectivity index (χ2n) is 7.59. The van der Waals surface area contributed by atoms with Crippen LogP contribution in [-0.2, 0) is 14.8 Å². The Balaban J connectivity index is 1.59. The Morgan fingerprint density at radius 3 is 2.47 bits per heavy atom. The molecule has 176 valence electrons. The summed E-state index contributed by atoms with van der Waals surface area (Å²) in [6, 6.07) is 15.4. The first-order valence-electron chi connectivity index (χ1n) is 10.5. The molecular formula is C24H22FN3O5S. The number of methoxy groups -OCH3 is 1. The molecule has 0 saturated carbocycles. The average Bonchev–Trinajstić information content (AvgIpc) is 3.25. The number of carbonyl (C=O) groups is 2. The first-order chi connectivity index (χ1) is 16.3. The van der Waals surface area contributed by atoms with E-state index in [0.717, 1.165) is 30.7 Å². The molecule has 0 bridgehead atoms. The van der Waals surface area contributed by atoms with Crippen LogP contribution in [0, 0.1) is 5.82 Å². The summed E-state index contributed by atoms with van der Waals surface area (Å²) in [5, 5.41) is 2.74. The molecule has 1 aliphatic heterocycles. The minimum absolute atomic E-state index is 0.0256. The summed E-state index contributed by atoms with van der Waals surface area (Å²) in [6.45, 7) is 0.556. The highest BCUT2D eigenvalue weighted by Crippen LogP contribution is 2.34. The molecule has 1 heterocycles. The zero-order valence-corrected chi connectivity index (χ0v) is 19.1. The molecule has 0 aromatic heterocycles. The molecule has 34 heavy (non-hydrogen) atoms. The fraction of sp³-hybridized carbons (Fsp3) is 0.167. The van der Waals surface area contributed by atoms with E-state index in [9.17, 15) is 22.4 Å². The predicted octanol–water partition coefficient (Wildman–Crippen LogP) is 4.01. The molecule has 4 rings (SSSR count). The predicted molar refractivity (Wildman–Crippen MR) is 126 cm³/mol. The van der Waals surface area contributed by atoms with Gasteiger partial charge in [-0.15, -0.1) is 0 Å². The van der Waals surface area contributed by atoms with E-state index in [-0.39, 0.29) is 22.1 Å². The zero-order valence-electron chi connectivity index (χ0n) is 18.2. The van der Waals surface area contributed by atoms with E-state index in [0.29, 0.717) is 30.1 Å². The Bertz CT molecular complexity index is 1340. The maximum Gasteiger partial charge on any atom is 0.261 e. The van der Waals surface area contributed by atoms with Gasteiger partial charge in [-0.3, -0.25) is 14.3 Å².